The van der Waals surface area contributed by atoms with Gasteiger partial charge in [0.05, 0.1) is 11.7 Å². The number of aromatic nitrogens is 3. The van der Waals surface area contributed by atoms with E-state index in [1.165, 1.54) is 6.33 Å². The van der Waals surface area contributed by atoms with Gasteiger partial charge in [-0.15, -0.1) is 0 Å². The molecule has 2 N–H and O–H groups in total. The zero-order valence-electron chi connectivity index (χ0n) is 9.51. The Morgan fingerprint density at radius 3 is 2.73 bits per heavy atom. The molecule has 0 spiro atoms. The maximum absolute atomic E-state index is 9.85. The molecule has 0 aliphatic heterocycles. The fourth-order valence-electron chi connectivity index (χ4n) is 1.34. The van der Waals surface area contributed by atoms with Crippen molar-refractivity contribution in [3.63, 3.8) is 0 Å². The molecule has 5 heteroatoms. The number of hydrogen-bond acceptors (Lipinski definition) is 4. The van der Waals surface area contributed by atoms with Gasteiger partial charge < -0.3 is 10.2 Å². The summed E-state index contributed by atoms with van der Waals surface area (Å²) >= 11 is 0. The van der Waals surface area contributed by atoms with Crippen molar-refractivity contribution in [2.75, 3.05) is 0 Å². The molecule has 0 aliphatic carbocycles. The van der Waals surface area contributed by atoms with E-state index in [1.807, 2.05) is 13.8 Å². The van der Waals surface area contributed by atoms with Crippen molar-refractivity contribution in [2.24, 2.45) is 0 Å². The molecule has 1 aromatic rings. The Kier molecular flexibility index (Phi) is 3.82. The van der Waals surface area contributed by atoms with Crippen LogP contribution in [0.5, 0.6) is 0 Å². The number of hydrogen-bond donors (Lipinski definition) is 2. The monoisotopic (exact) mass is 213 g/mol. The van der Waals surface area contributed by atoms with Gasteiger partial charge in [0, 0.05) is 13.0 Å². The van der Waals surface area contributed by atoms with Gasteiger partial charge in [-0.25, -0.2) is 4.98 Å². The second-order valence-electron chi connectivity index (χ2n) is 3.92. The van der Waals surface area contributed by atoms with Crippen molar-refractivity contribution >= 4 is 0 Å². The average molecular weight is 213 g/mol. The van der Waals surface area contributed by atoms with Crippen molar-refractivity contribution < 1.29 is 10.2 Å². The molecule has 1 aromatic heterocycles. The lowest BCUT2D eigenvalue weighted by atomic mass is 9.93. The van der Waals surface area contributed by atoms with E-state index in [2.05, 4.69) is 10.1 Å². The van der Waals surface area contributed by atoms with Crippen molar-refractivity contribution in [3.05, 3.63) is 12.2 Å². The molecule has 0 saturated heterocycles. The predicted octanol–water partition coefficient (Wildman–Crippen LogP) is 0.362. The molecule has 0 aliphatic rings. The molecule has 15 heavy (non-hydrogen) atoms. The third kappa shape index (κ3) is 2.76. The Balaban J connectivity index is 2.70. The van der Waals surface area contributed by atoms with Gasteiger partial charge in [0.25, 0.3) is 0 Å². The number of nitrogens with zero attached hydrogens (tertiary/aromatic N) is 3. The summed E-state index contributed by atoms with van der Waals surface area (Å²) in [5, 5.41) is 23.7. The van der Waals surface area contributed by atoms with E-state index in [0.717, 1.165) is 6.54 Å². The van der Waals surface area contributed by atoms with E-state index >= 15 is 0 Å². The van der Waals surface area contributed by atoms with Gasteiger partial charge in [0.1, 0.15) is 12.2 Å². The molecule has 1 rings (SSSR count). The highest BCUT2D eigenvalue weighted by molar-refractivity contribution is 4.93. The summed E-state index contributed by atoms with van der Waals surface area (Å²) in [7, 11) is 0. The van der Waals surface area contributed by atoms with Crippen molar-refractivity contribution in [1.29, 1.82) is 0 Å². The maximum atomic E-state index is 9.85. The highest BCUT2D eigenvalue weighted by atomic mass is 16.3. The highest BCUT2D eigenvalue weighted by Crippen LogP contribution is 2.17. The first-order valence-corrected chi connectivity index (χ1v) is 5.28. The lowest BCUT2D eigenvalue weighted by Crippen LogP contribution is -2.40. The summed E-state index contributed by atoms with van der Waals surface area (Å²) in [6, 6.07) is 0. The molecule has 1 heterocycles. The van der Waals surface area contributed by atoms with Gasteiger partial charge in [0.2, 0.25) is 0 Å². The van der Waals surface area contributed by atoms with E-state index < -0.39 is 11.7 Å². The number of rotatable bonds is 5. The van der Waals surface area contributed by atoms with Gasteiger partial charge in [-0.3, -0.25) is 4.68 Å². The zero-order chi connectivity index (χ0) is 11.5. The van der Waals surface area contributed by atoms with E-state index in [0.29, 0.717) is 18.7 Å². The minimum absolute atomic E-state index is 0.328. The predicted molar refractivity (Wildman–Crippen MR) is 56.3 cm³/mol. The summed E-state index contributed by atoms with van der Waals surface area (Å²) in [6.45, 7) is 6.15. The smallest absolute Gasteiger partial charge is 0.138 e. The molecule has 0 amide bonds. The lowest BCUT2D eigenvalue weighted by Gasteiger charge is -2.27. The normalized spacial score (nSPS) is 17.4. The molecule has 2 atom stereocenters. The summed E-state index contributed by atoms with van der Waals surface area (Å²) in [6.07, 6.45) is 1.49. The van der Waals surface area contributed by atoms with Crippen LogP contribution in [0.15, 0.2) is 6.33 Å². The van der Waals surface area contributed by atoms with Crippen LogP contribution in [-0.2, 0) is 13.0 Å². The Labute approximate surface area is 89.8 Å². The largest absolute Gasteiger partial charge is 0.390 e. The molecule has 0 saturated carbocycles. The molecular formula is C10H19N3O2. The molecule has 0 fully saturated rings. The molecule has 0 bridgehead atoms. The maximum Gasteiger partial charge on any atom is 0.138 e. The Morgan fingerprint density at radius 2 is 2.20 bits per heavy atom. The number of aryl methyl sites for hydroxylation is 1. The van der Waals surface area contributed by atoms with Crippen molar-refractivity contribution in [2.45, 2.75) is 51.9 Å². The first-order valence-electron chi connectivity index (χ1n) is 5.28. The zero-order valence-corrected chi connectivity index (χ0v) is 9.51. The van der Waals surface area contributed by atoms with E-state index in [-0.39, 0.29) is 0 Å². The van der Waals surface area contributed by atoms with Crippen molar-refractivity contribution in [3.8, 4) is 0 Å². The Morgan fingerprint density at radius 1 is 1.53 bits per heavy atom. The minimum atomic E-state index is -1.06. The van der Waals surface area contributed by atoms with Crippen LogP contribution in [0.1, 0.15) is 33.0 Å². The SMILES string of the molecule is CCn1ncnc1CC(O)C(C)(O)CC. The van der Waals surface area contributed by atoms with E-state index in [1.54, 1.807) is 11.6 Å². The minimum Gasteiger partial charge on any atom is -0.390 e. The fourth-order valence-corrected chi connectivity index (χ4v) is 1.34. The summed E-state index contributed by atoms with van der Waals surface area (Å²) < 4.78 is 1.72. The van der Waals surface area contributed by atoms with Crippen LogP contribution >= 0.6 is 0 Å². The van der Waals surface area contributed by atoms with Gasteiger partial charge >= 0.3 is 0 Å². The van der Waals surface area contributed by atoms with Gasteiger partial charge in [-0.2, -0.15) is 5.10 Å². The summed E-state index contributed by atoms with van der Waals surface area (Å²) in [5.41, 5.74) is -1.06. The Hall–Kier alpha value is -0.940. The topological polar surface area (TPSA) is 71.2 Å². The van der Waals surface area contributed by atoms with E-state index in [4.69, 9.17) is 0 Å². The number of aliphatic hydroxyl groups is 2. The highest BCUT2D eigenvalue weighted by Gasteiger charge is 2.29. The van der Waals surface area contributed by atoms with Gasteiger partial charge in [-0.1, -0.05) is 6.92 Å². The standard InChI is InChI=1S/C10H19N3O2/c1-4-10(3,15)8(14)6-9-11-7-12-13(9)5-2/h7-8,14-15H,4-6H2,1-3H3. The van der Waals surface area contributed by atoms with Crippen LogP contribution in [0, 0.1) is 0 Å². The second kappa shape index (κ2) is 4.72. The number of aliphatic hydroxyl groups excluding tert-OH is 1. The first-order chi connectivity index (χ1) is 7.01. The average Bonchev–Trinajstić information content (AvgIpc) is 2.65. The van der Waals surface area contributed by atoms with Crippen LogP contribution in [0.2, 0.25) is 0 Å². The second-order valence-corrected chi connectivity index (χ2v) is 3.92. The van der Waals surface area contributed by atoms with E-state index in [9.17, 15) is 10.2 Å². The molecule has 0 aromatic carbocycles. The molecule has 2 unspecified atom stereocenters. The third-order valence-corrected chi connectivity index (χ3v) is 2.80. The first kappa shape index (κ1) is 12.1. The van der Waals surface area contributed by atoms with Crippen molar-refractivity contribution in [1.82, 2.24) is 14.8 Å². The lowest BCUT2D eigenvalue weighted by molar-refractivity contribution is -0.0641. The molecule has 0 radical (unpaired) electrons. The summed E-state index contributed by atoms with van der Waals surface area (Å²) in [5.74, 6) is 0.707. The summed E-state index contributed by atoms with van der Waals surface area (Å²) in [4.78, 5) is 4.06. The Bertz CT molecular complexity index is 309. The third-order valence-electron chi connectivity index (χ3n) is 2.80. The van der Waals surface area contributed by atoms with Gasteiger partial charge in [0.15, 0.2) is 0 Å². The van der Waals surface area contributed by atoms with Crippen LogP contribution in [0.3, 0.4) is 0 Å². The quantitative estimate of drug-likeness (QED) is 0.741. The molecule has 86 valence electrons. The van der Waals surface area contributed by atoms with Crippen LogP contribution in [-0.4, -0.2) is 36.7 Å². The molecule has 5 nitrogen and oxygen atoms in total. The van der Waals surface area contributed by atoms with Gasteiger partial charge in [-0.05, 0) is 20.3 Å². The fraction of sp³-hybridized carbons (Fsp3) is 0.800. The molecular weight excluding hydrogens is 194 g/mol. The van der Waals surface area contributed by atoms with Crippen LogP contribution in [0.25, 0.3) is 0 Å². The van der Waals surface area contributed by atoms with Crippen LogP contribution < -0.4 is 0 Å². The van der Waals surface area contributed by atoms with Crippen LogP contribution in [0.4, 0.5) is 0 Å².